The number of fused-ring (bicyclic) bond motifs is 1. The summed E-state index contributed by atoms with van der Waals surface area (Å²) in [6, 6.07) is 10.0. The van der Waals surface area contributed by atoms with Gasteiger partial charge in [-0.3, -0.25) is 4.79 Å². The summed E-state index contributed by atoms with van der Waals surface area (Å²) in [5, 5.41) is 5.69. The van der Waals surface area contributed by atoms with Gasteiger partial charge in [-0.1, -0.05) is 18.2 Å². The third kappa shape index (κ3) is 3.00. The van der Waals surface area contributed by atoms with Crippen LogP contribution in [0.25, 0.3) is 11.1 Å². The van der Waals surface area contributed by atoms with Crippen LogP contribution in [0.15, 0.2) is 41.8 Å². The zero-order valence-electron chi connectivity index (χ0n) is 13.5. The van der Waals surface area contributed by atoms with Gasteiger partial charge in [0, 0.05) is 28.6 Å². The minimum absolute atomic E-state index is 0.144. The van der Waals surface area contributed by atoms with Crippen LogP contribution in [-0.2, 0) is 13.2 Å². The Hall–Kier alpha value is -2.73. The number of nitrogens with one attached hydrogen (secondary N) is 1. The maximum Gasteiger partial charge on any atom is 0.251 e. The highest BCUT2D eigenvalue weighted by molar-refractivity contribution is 7.09. The highest BCUT2D eigenvalue weighted by atomic mass is 32.1. The first-order chi connectivity index (χ1) is 12.1. The van der Waals surface area contributed by atoms with Crippen molar-refractivity contribution in [2.45, 2.75) is 20.1 Å². The monoisotopic (exact) mass is 354 g/mol. The number of hydrogen-bond donors (Lipinski definition) is 1. The van der Waals surface area contributed by atoms with E-state index in [-0.39, 0.29) is 11.7 Å². The van der Waals surface area contributed by atoms with Crippen LogP contribution in [0.2, 0.25) is 0 Å². The predicted octanol–water partition coefficient (Wildman–Crippen LogP) is 4.08. The number of aryl methyl sites for hydroxylation is 1. The molecule has 0 saturated heterocycles. The van der Waals surface area contributed by atoms with Gasteiger partial charge in [0.2, 0.25) is 0 Å². The first-order valence-corrected chi connectivity index (χ1v) is 8.73. The zero-order chi connectivity index (χ0) is 17.4. The number of carbonyl (C=O) groups excluding carboxylic acids is 1. The number of thiazole rings is 1. The van der Waals surface area contributed by atoms with Gasteiger partial charge in [0.25, 0.3) is 5.91 Å². The van der Waals surface area contributed by atoms with Crippen molar-refractivity contribution in [1.29, 1.82) is 0 Å². The lowest BCUT2D eigenvalue weighted by Crippen LogP contribution is -2.12. The SMILES string of the molecule is Cc1nc(COc2cc3c(cc2-c2ccccc2F)C(=O)NC3)cs1. The van der Waals surface area contributed by atoms with Crippen LogP contribution in [0.4, 0.5) is 4.39 Å². The number of ether oxygens (including phenoxy) is 1. The van der Waals surface area contributed by atoms with Crippen LogP contribution in [0.5, 0.6) is 5.75 Å². The molecule has 1 amide bonds. The molecule has 0 bridgehead atoms. The fraction of sp³-hybridized carbons (Fsp3) is 0.158. The average molecular weight is 354 g/mol. The van der Waals surface area contributed by atoms with Gasteiger partial charge in [-0.15, -0.1) is 11.3 Å². The van der Waals surface area contributed by atoms with Gasteiger partial charge >= 0.3 is 0 Å². The molecule has 0 atom stereocenters. The van der Waals surface area contributed by atoms with Crippen LogP contribution in [0, 0.1) is 12.7 Å². The maximum absolute atomic E-state index is 14.3. The Labute approximate surface area is 148 Å². The molecule has 1 aliphatic heterocycles. The molecular formula is C19H15FN2O2S. The fourth-order valence-corrected chi connectivity index (χ4v) is 3.48. The molecule has 0 fully saturated rings. The quantitative estimate of drug-likeness (QED) is 0.768. The molecule has 4 rings (SSSR count). The molecule has 6 heteroatoms. The molecule has 0 aliphatic carbocycles. The number of amides is 1. The second-order valence-electron chi connectivity index (χ2n) is 5.81. The molecule has 126 valence electrons. The summed E-state index contributed by atoms with van der Waals surface area (Å²) in [5.41, 5.74) is 3.23. The standard InChI is InChI=1S/C19H15FN2O2S/c1-11-22-13(10-25-11)9-24-18-6-12-8-21-19(23)15(12)7-16(18)14-4-2-3-5-17(14)20/h2-7,10H,8-9H2,1H3,(H,21,23). The molecule has 0 saturated carbocycles. The number of halogens is 1. The van der Waals surface area contributed by atoms with Crippen LogP contribution in [0.1, 0.15) is 26.6 Å². The predicted molar refractivity (Wildman–Crippen MR) is 94.2 cm³/mol. The third-order valence-corrected chi connectivity index (χ3v) is 4.92. The van der Waals surface area contributed by atoms with Crippen molar-refractivity contribution in [2.75, 3.05) is 0 Å². The Morgan fingerprint density at radius 3 is 2.84 bits per heavy atom. The van der Waals surface area contributed by atoms with Crippen LogP contribution < -0.4 is 10.1 Å². The van der Waals surface area contributed by atoms with E-state index >= 15 is 0 Å². The molecule has 4 nitrogen and oxygen atoms in total. The van der Waals surface area contributed by atoms with Gasteiger partial charge in [-0.05, 0) is 30.7 Å². The molecule has 0 spiro atoms. The number of hydrogen-bond acceptors (Lipinski definition) is 4. The normalized spacial score (nSPS) is 12.8. The maximum atomic E-state index is 14.3. The molecule has 3 aromatic rings. The number of aromatic nitrogens is 1. The third-order valence-electron chi connectivity index (χ3n) is 4.10. The Kier molecular flexibility index (Phi) is 3.97. The van der Waals surface area contributed by atoms with Gasteiger partial charge < -0.3 is 10.1 Å². The Morgan fingerprint density at radius 2 is 2.08 bits per heavy atom. The molecule has 25 heavy (non-hydrogen) atoms. The van der Waals surface area contributed by atoms with Gasteiger partial charge in [0.1, 0.15) is 18.2 Å². The smallest absolute Gasteiger partial charge is 0.251 e. The van der Waals surface area contributed by atoms with Crippen molar-refractivity contribution in [1.82, 2.24) is 10.3 Å². The Morgan fingerprint density at radius 1 is 1.24 bits per heavy atom. The second-order valence-corrected chi connectivity index (χ2v) is 6.88. The van der Waals surface area contributed by atoms with Crippen molar-refractivity contribution in [3.63, 3.8) is 0 Å². The van der Waals surface area contributed by atoms with Gasteiger partial charge in [-0.25, -0.2) is 9.37 Å². The van der Waals surface area contributed by atoms with Crippen LogP contribution in [-0.4, -0.2) is 10.9 Å². The van der Waals surface area contributed by atoms with Crippen molar-refractivity contribution in [3.8, 4) is 16.9 Å². The first kappa shape index (κ1) is 15.8. The molecule has 0 unspecified atom stereocenters. The lowest BCUT2D eigenvalue weighted by atomic mass is 9.98. The number of benzene rings is 2. The van der Waals surface area contributed by atoms with Crippen molar-refractivity contribution in [3.05, 3.63) is 69.4 Å². The van der Waals surface area contributed by atoms with E-state index in [0.717, 1.165) is 16.3 Å². The van der Waals surface area contributed by atoms with E-state index in [1.807, 2.05) is 18.4 Å². The molecule has 1 aliphatic rings. The topological polar surface area (TPSA) is 51.2 Å². The summed E-state index contributed by atoms with van der Waals surface area (Å²) in [5.74, 6) is 0.0514. The first-order valence-electron chi connectivity index (χ1n) is 7.85. The summed E-state index contributed by atoms with van der Waals surface area (Å²) in [6.07, 6.45) is 0. The zero-order valence-corrected chi connectivity index (χ0v) is 14.3. The van der Waals surface area contributed by atoms with Crippen molar-refractivity contribution in [2.24, 2.45) is 0 Å². The lowest BCUT2D eigenvalue weighted by molar-refractivity contribution is 0.0966. The van der Waals surface area contributed by atoms with Gasteiger partial charge in [0.05, 0.1) is 10.7 Å². The minimum atomic E-state index is -0.352. The molecular weight excluding hydrogens is 339 g/mol. The average Bonchev–Trinajstić information content (AvgIpc) is 3.18. The summed E-state index contributed by atoms with van der Waals surface area (Å²) >= 11 is 1.56. The van der Waals surface area contributed by atoms with E-state index in [1.165, 1.54) is 6.07 Å². The Balaban J connectivity index is 1.76. The summed E-state index contributed by atoms with van der Waals surface area (Å²) in [7, 11) is 0. The van der Waals surface area contributed by atoms with E-state index in [2.05, 4.69) is 10.3 Å². The number of rotatable bonds is 4. The van der Waals surface area contributed by atoms with E-state index in [4.69, 9.17) is 4.74 Å². The summed E-state index contributed by atoms with van der Waals surface area (Å²) in [4.78, 5) is 16.4. The lowest BCUT2D eigenvalue weighted by Gasteiger charge is -2.13. The number of carbonyl (C=O) groups is 1. The largest absolute Gasteiger partial charge is 0.487 e. The molecule has 2 heterocycles. The van der Waals surface area contributed by atoms with Crippen LogP contribution in [0.3, 0.4) is 0 Å². The molecule has 1 aromatic heterocycles. The second kappa shape index (κ2) is 6.29. The summed E-state index contributed by atoms with van der Waals surface area (Å²) < 4.78 is 20.2. The van der Waals surface area contributed by atoms with Crippen molar-refractivity contribution >= 4 is 17.2 Å². The van der Waals surface area contributed by atoms with E-state index in [0.29, 0.717) is 35.6 Å². The molecule has 1 N–H and O–H groups in total. The highest BCUT2D eigenvalue weighted by Crippen LogP contribution is 2.36. The fourth-order valence-electron chi connectivity index (χ4n) is 2.89. The van der Waals surface area contributed by atoms with E-state index < -0.39 is 0 Å². The van der Waals surface area contributed by atoms with E-state index in [9.17, 15) is 9.18 Å². The summed E-state index contributed by atoms with van der Waals surface area (Å²) in [6.45, 7) is 2.69. The molecule has 0 radical (unpaired) electrons. The highest BCUT2D eigenvalue weighted by Gasteiger charge is 2.23. The minimum Gasteiger partial charge on any atom is -0.487 e. The Bertz CT molecular complexity index is 968. The van der Waals surface area contributed by atoms with Gasteiger partial charge in [-0.2, -0.15) is 0 Å². The van der Waals surface area contributed by atoms with Crippen molar-refractivity contribution < 1.29 is 13.9 Å². The molecule has 2 aromatic carbocycles. The van der Waals surface area contributed by atoms with Crippen LogP contribution >= 0.6 is 11.3 Å². The van der Waals surface area contributed by atoms with E-state index in [1.54, 1.807) is 35.6 Å². The number of nitrogens with zero attached hydrogens (tertiary/aromatic N) is 1. The van der Waals surface area contributed by atoms with Gasteiger partial charge in [0.15, 0.2) is 0 Å².